The van der Waals surface area contributed by atoms with E-state index in [1.54, 1.807) is 0 Å². The molecule has 0 unspecified atom stereocenters. The highest BCUT2D eigenvalue weighted by molar-refractivity contribution is 7.99. The van der Waals surface area contributed by atoms with Crippen molar-refractivity contribution in [3.8, 4) is 0 Å². The van der Waals surface area contributed by atoms with Crippen LogP contribution in [0.5, 0.6) is 0 Å². The largest absolute Gasteiger partial charge is 0.453 e. The van der Waals surface area contributed by atoms with Gasteiger partial charge in [0, 0.05) is 25.2 Å². The van der Waals surface area contributed by atoms with Crippen molar-refractivity contribution in [2.75, 3.05) is 13.1 Å². The van der Waals surface area contributed by atoms with E-state index in [0.717, 1.165) is 41.7 Å². The number of nitrogens with one attached hydrogen (secondary N) is 2. The maximum Gasteiger partial charge on any atom is 0.191 e. The van der Waals surface area contributed by atoms with Crippen molar-refractivity contribution in [1.82, 2.24) is 25.4 Å². The van der Waals surface area contributed by atoms with Crippen LogP contribution in [0.3, 0.4) is 0 Å². The fourth-order valence-corrected chi connectivity index (χ4v) is 3.89. The Balaban J connectivity index is 1.37. The Kier molecular flexibility index (Phi) is 3.71. The summed E-state index contributed by atoms with van der Waals surface area (Å²) in [6.07, 6.45) is 5.41. The Labute approximate surface area is 127 Å². The second-order valence-electron chi connectivity index (χ2n) is 5.78. The van der Waals surface area contributed by atoms with Crippen LogP contribution in [0.15, 0.2) is 33.1 Å². The molecular formula is C14H19N5OS. The Hall–Kier alpha value is -1.31. The van der Waals surface area contributed by atoms with Crippen molar-refractivity contribution in [3.05, 3.63) is 24.2 Å². The van der Waals surface area contributed by atoms with Crippen LogP contribution in [0.4, 0.5) is 0 Å². The summed E-state index contributed by atoms with van der Waals surface area (Å²) in [6, 6.07) is 5.46. The van der Waals surface area contributed by atoms with E-state index in [1.165, 1.54) is 37.4 Å². The monoisotopic (exact) mass is 305 g/mol. The summed E-state index contributed by atoms with van der Waals surface area (Å²) in [7, 11) is 0. The molecule has 0 amide bonds. The van der Waals surface area contributed by atoms with Crippen LogP contribution in [0.2, 0.25) is 0 Å². The first-order valence-corrected chi connectivity index (χ1v) is 8.27. The molecule has 0 spiro atoms. The van der Waals surface area contributed by atoms with Gasteiger partial charge in [0.2, 0.25) is 0 Å². The quantitative estimate of drug-likeness (QED) is 0.899. The van der Waals surface area contributed by atoms with Crippen molar-refractivity contribution >= 4 is 11.8 Å². The average Bonchev–Trinajstić information content (AvgIpc) is 3.16. The highest BCUT2D eigenvalue weighted by Gasteiger charge is 2.29. The van der Waals surface area contributed by atoms with Crippen LogP contribution in [-0.4, -0.2) is 45.3 Å². The number of aromatic amines is 1. The van der Waals surface area contributed by atoms with E-state index in [9.17, 15) is 0 Å². The molecule has 4 rings (SSSR count). The number of nitrogens with zero attached hydrogens (tertiary/aromatic N) is 3. The lowest BCUT2D eigenvalue weighted by Crippen LogP contribution is -2.34. The van der Waals surface area contributed by atoms with Gasteiger partial charge in [-0.3, -0.25) is 10.00 Å². The van der Waals surface area contributed by atoms with Crippen LogP contribution in [0.25, 0.3) is 0 Å². The first-order valence-electron chi connectivity index (χ1n) is 7.45. The Morgan fingerprint density at radius 3 is 3.14 bits per heavy atom. The molecule has 2 aromatic heterocycles. The Bertz CT molecular complexity index is 584. The molecule has 2 fully saturated rings. The highest BCUT2D eigenvalue weighted by Crippen LogP contribution is 2.27. The van der Waals surface area contributed by atoms with E-state index < -0.39 is 0 Å². The fraction of sp³-hybridized carbons (Fsp3) is 0.571. The third-order valence-electron chi connectivity index (χ3n) is 4.21. The summed E-state index contributed by atoms with van der Waals surface area (Å²) < 4.78 is 5.89. The zero-order valence-electron chi connectivity index (χ0n) is 11.8. The molecule has 2 saturated heterocycles. The zero-order valence-corrected chi connectivity index (χ0v) is 12.6. The molecule has 0 radical (unpaired) electrons. The lowest BCUT2D eigenvalue weighted by molar-refractivity contribution is 0.226. The molecule has 0 aliphatic carbocycles. The minimum absolute atomic E-state index is 0.663. The predicted molar refractivity (Wildman–Crippen MR) is 79.1 cm³/mol. The first kappa shape index (κ1) is 13.4. The second-order valence-corrected chi connectivity index (χ2v) is 6.77. The molecule has 6 nitrogen and oxygen atoms in total. The smallest absolute Gasteiger partial charge is 0.191 e. The predicted octanol–water partition coefficient (Wildman–Crippen LogP) is 1.88. The summed E-state index contributed by atoms with van der Waals surface area (Å²) >= 11 is 1.47. The van der Waals surface area contributed by atoms with Crippen molar-refractivity contribution in [2.24, 2.45) is 0 Å². The number of likely N-dealkylation sites (tertiary alicyclic amines) is 1. The van der Waals surface area contributed by atoms with Gasteiger partial charge >= 0.3 is 0 Å². The maximum absolute atomic E-state index is 5.89. The van der Waals surface area contributed by atoms with Gasteiger partial charge < -0.3 is 9.73 Å². The van der Waals surface area contributed by atoms with Crippen molar-refractivity contribution in [3.63, 3.8) is 0 Å². The van der Waals surface area contributed by atoms with Gasteiger partial charge in [-0.25, -0.2) is 4.98 Å². The molecule has 2 atom stereocenters. The Morgan fingerprint density at radius 2 is 2.24 bits per heavy atom. The molecule has 2 N–H and O–H groups in total. The minimum Gasteiger partial charge on any atom is -0.453 e. The van der Waals surface area contributed by atoms with Crippen LogP contribution in [-0.2, 0) is 6.54 Å². The molecule has 0 aromatic carbocycles. The van der Waals surface area contributed by atoms with Gasteiger partial charge in [-0.15, -0.1) is 0 Å². The molecule has 4 heterocycles. The summed E-state index contributed by atoms with van der Waals surface area (Å²) in [5.74, 6) is 1.02. The van der Waals surface area contributed by atoms with Gasteiger partial charge in [0.05, 0.1) is 6.54 Å². The SMILES string of the molecule is c1n[nH]c(Sc2ccc(CN3CC[C@H]4CC[C@@H](C3)N4)o2)n1. The van der Waals surface area contributed by atoms with Gasteiger partial charge in [-0.2, -0.15) is 5.10 Å². The van der Waals surface area contributed by atoms with Crippen LogP contribution >= 0.6 is 11.8 Å². The molecule has 2 bridgehead atoms. The van der Waals surface area contributed by atoms with E-state index >= 15 is 0 Å². The van der Waals surface area contributed by atoms with Gasteiger partial charge in [0.25, 0.3) is 0 Å². The fourth-order valence-electron chi connectivity index (χ4n) is 3.22. The molecule has 2 aliphatic heterocycles. The molecule has 2 aliphatic rings. The Morgan fingerprint density at radius 1 is 1.29 bits per heavy atom. The van der Waals surface area contributed by atoms with Crippen molar-refractivity contribution in [1.29, 1.82) is 0 Å². The number of fused-ring (bicyclic) bond motifs is 2. The van der Waals surface area contributed by atoms with Crippen molar-refractivity contribution in [2.45, 2.75) is 48.1 Å². The summed E-state index contributed by atoms with van der Waals surface area (Å²) in [5, 5.41) is 12.0. The molecule has 0 saturated carbocycles. The summed E-state index contributed by atoms with van der Waals surface area (Å²) in [6.45, 7) is 3.17. The zero-order chi connectivity index (χ0) is 14.1. The standard InChI is InChI=1S/C14H19N5OS/c1-2-11-7-19(6-5-10(1)17-11)8-12-3-4-13(20-12)21-14-15-9-16-18-14/h3-4,9-11,17H,1-2,5-8H2,(H,15,16,18)/t10-,11+/m1/s1. The van der Waals surface area contributed by atoms with Gasteiger partial charge in [-0.05, 0) is 43.2 Å². The van der Waals surface area contributed by atoms with Crippen LogP contribution in [0, 0.1) is 0 Å². The molecule has 2 aromatic rings. The number of aromatic nitrogens is 3. The van der Waals surface area contributed by atoms with E-state index in [1.807, 2.05) is 6.07 Å². The number of rotatable bonds is 4. The molecule has 21 heavy (non-hydrogen) atoms. The topological polar surface area (TPSA) is 70.0 Å². The molecule has 112 valence electrons. The average molecular weight is 305 g/mol. The van der Waals surface area contributed by atoms with E-state index in [2.05, 4.69) is 31.5 Å². The van der Waals surface area contributed by atoms with E-state index in [4.69, 9.17) is 4.42 Å². The molecule has 7 heteroatoms. The van der Waals surface area contributed by atoms with Crippen LogP contribution < -0.4 is 5.32 Å². The number of hydrogen-bond donors (Lipinski definition) is 2. The lowest BCUT2D eigenvalue weighted by atomic mass is 10.1. The summed E-state index contributed by atoms with van der Waals surface area (Å²) in [4.78, 5) is 6.59. The minimum atomic E-state index is 0.663. The third kappa shape index (κ3) is 3.14. The lowest BCUT2D eigenvalue weighted by Gasteiger charge is -2.22. The van der Waals surface area contributed by atoms with Crippen molar-refractivity contribution < 1.29 is 4.42 Å². The van der Waals surface area contributed by atoms with E-state index in [-0.39, 0.29) is 0 Å². The molecular weight excluding hydrogens is 286 g/mol. The van der Waals surface area contributed by atoms with Gasteiger partial charge in [0.1, 0.15) is 12.1 Å². The summed E-state index contributed by atoms with van der Waals surface area (Å²) in [5.41, 5.74) is 0. The van der Waals surface area contributed by atoms with Gasteiger partial charge in [-0.1, -0.05) is 0 Å². The first-order chi connectivity index (χ1) is 10.3. The van der Waals surface area contributed by atoms with Gasteiger partial charge in [0.15, 0.2) is 10.2 Å². The third-order valence-corrected chi connectivity index (χ3v) is 5.02. The maximum atomic E-state index is 5.89. The number of H-pyrrole nitrogens is 1. The van der Waals surface area contributed by atoms with E-state index in [0.29, 0.717) is 6.04 Å². The number of furan rings is 1. The highest BCUT2D eigenvalue weighted by atomic mass is 32.2. The normalized spacial score (nSPS) is 26.1. The van der Waals surface area contributed by atoms with Crippen LogP contribution in [0.1, 0.15) is 25.0 Å². The number of hydrogen-bond acceptors (Lipinski definition) is 6. The second kappa shape index (κ2) is 5.82.